The van der Waals surface area contributed by atoms with Gasteiger partial charge in [-0.15, -0.1) is 0 Å². The quantitative estimate of drug-likeness (QED) is 0.655. The lowest BCUT2D eigenvalue weighted by Crippen LogP contribution is -2.20. The summed E-state index contributed by atoms with van der Waals surface area (Å²) in [5, 5.41) is 12.7. The molecule has 0 aliphatic carbocycles. The highest BCUT2D eigenvalue weighted by Gasteiger charge is 2.03. The molecule has 0 aliphatic heterocycles. The molecule has 4 nitrogen and oxygen atoms in total. The third-order valence-electron chi connectivity index (χ3n) is 3.25. The summed E-state index contributed by atoms with van der Waals surface area (Å²) in [4.78, 5) is 0. The van der Waals surface area contributed by atoms with Gasteiger partial charge in [-0.2, -0.15) is 0 Å². The normalized spacial score (nSPS) is 10.7. The molecule has 0 amide bonds. The van der Waals surface area contributed by atoms with Crippen LogP contribution in [0, 0.1) is 0 Å². The monoisotopic (exact) mass is 335 g/mol. The Bertz CT molecular complexity index is 575. The first-order chi connectivity index (χ1) is 11.3. The van der Waals surface area contributed by atoms with Crippen molar-refractivity contribution < 1.29 is 14.6 Å². The second-order valence-corrected chi connectivity index (χ2v) is 5.47. The van der Waals surface area contributed by atoms with E-state index in [-0.39, 0.29) is 6.61 Å². The van der Waals surface area contributed by atoms with Gasteiger partial charge in [0.2, 0.25) is 0 Å². The van der Waals surface area contributed by atoms with Crippen molar-refractivity contribution in [2.45, 2.75) is 13.2 Å². The molecule has 0 aliphatic rings. The number of rotatable bonds is 10. The second kappa shape index (κ2) is 10.2. The number of nitrogens with one attached hydrogen (secondary N) is 1. The van der Waals surface area contributed by atoms with Gasteiger partial charge in [-0.1, -0.05) is 41.9 Å². The summed E-state index contributed by atoms with van der Waals surface area (Å²) in [6, 6.07) is 15.6. The lowest BCUT2D eigenvalue weighted by atomic mass is 10.2. The minimum atomic E-state index is 0.0569. The lowest BCUT2D eigenvalue weighted by molar-refractivity contribution is 0.0937. The zero-order valence-electron chi connectivity index (χ0n) is 13.0. The topological polar surface area (TPSA) is 50.7 Å². The third-order valence-corrected chi connectivity index (χ3v) is 3.51. The van der Waals surface area contributed by atoms with Crippen molar-refractivity contribution in [2.75, 3.05) is 26.4 Å². The van der Waals surface area contributed by atoms with Crippen LogP contribution in [-0.2, 0) is 17.9 Å². The van der Waals surface area contributed by atoms with E-state index in [9.17, 15) is 0 Å². The van der Waals surface area contributed by atoms with Crippen LogP contribution < -0.4 is 10.1 Å². The summed E-state index contributed by atoms with van der Waals surface area (Å²) in [7, 11) is 0. The Morgan fingerprint density at radius 3 is 2.57 bits per heavy atom. The highest BCUT2D eigenvalue weighted by atomic mass is 35.5. The summed E-state index contributed by atoms with van der Waals surface area (Å²) in [6.07, 6.45) is 0. The van der Waals surface area contributed by atoms with Crippen molar-refractivity contribution in [1.82, 2.24) is 5.32 Å². The van der Waals surface area contributed by atoms with E-state index < -0.39 is 0 Å². The van der Waals surface area contributed by atoms with Crippen molar-refractivity contribution in [3.63, 3.8) is 0 Å². The number of benzene rings is 2. The smallest absolute Gasteiger partial charge is 0.124 e. The Kier molecular flexibility index (Phi) is 7.90. The van der Waals surface area contributed by atoms with Gasteiger partial charge in [0, 0.05) is 23.7 Å². The van der Waals surface area contributed by atoms with Gasteiger partial charge in [-0.3, -0.25) is 0 Å². The molecular formula is C18H22ClNO3. The number of ether oxygens (including phenoxy) is 2. The second-order valence-electron chi connectivity index (χ2n) is 5.04. The van der Waals surface area contributed by atoms with Crippen LogP contribution in [0.25, 0.3) is 0 Å². The fourth-order valence-electron chi connectivity index (χ4n) is 2.07. The number of aliphatic hydroxyl groups excluding tert-OH is 1. The maximum Gasteiger partial charge on any atom is 0.124 e. The molecule has 124 valence electrons. The summed E-state index contributed by atoms with van der Waals surface area (Å²) >= 11 is 5.88. The maximum absolute atomic E-state index is 8.64. The molecule has 5 heteroatoms. The molecule has 0 aromatic heterocycles. The number of hydrogen-bond acceptors (Lipinski definition) is 4. The molecule has 0 saturated carbocycles. The maximum atomic E-state index is 8.64. The van der Waals surface area contributed by atoms with Gasteiger partial charge in [-0.05, 0) is 23.8 Å². The molecular weight excluding hydrogens is 314 g/mol. The molecule has 2 aromatic carbocycles. The SMILES string of the molecule is OCCOCCNCc1ccccc1OCc1ccc(Cl)cc1. The van der Waals surface area contributed by atoms with Crippen LogP contribution >= 0.6 is 11.6 Å². The number of para-hydroxylation sites is 1. The van der Waals surface area contributed by atoms with Crippen LogP contribution in [-0.4, -0.2) is 31.5 Å². The number of aliphatic hydroxyl groups is 1. The van der Waals surface area contributed by atoms with E-state index in [4.69, 9.17) is 26.2 Å². The molecule has 2 aromatic rings. The molecule has 0 spiro atoms. The standard InChI is InChI=1S/C18H22ClNO3/c19-17-7-5-15(6-8-17)14-23-18-4-2-1-3-16(18)13-20-9-11-22-12-10-21/h1-8,20-21H,9-14H2. The molecule has 2 rings (SSSR count). The average Bonchev–Trinajstić information content (AvgIpc) is 2.58. The van der Waals surface area contributed by atoms with E-state index in [0.717, 1.165) is 28.4 Å². The van der Waals surface area contributed by atoms with Crippen LogP contribution in [0.15, 0.2) is 48.5 Å². The highest BCUT2D eigenvalue weighted by Crippen LogP contribution is 2.19. The fraction of sp³-hybridized carbons (Fsp3) is 0.333. The first-order valence-corrected chi connectivity index (χ1v) is 8.02. The van der Waals surface area contributed by atoms with Gasteiger partial charge in [-0.25, -0.2) is 0 Å². The first-order valence-electron chi connectivity index (χ1n) is 7.64. The molecule has 0 radical (unpaired) electrons. The summed E-state index contributed by atoms with van der Waals surface area (Å²) in [5.41, 5.74) is 2.18. The average molecular weight is 336 g/mol. The largest absolute Gasteiger partial charge is 0.489 e. The molecule has 0 fully saturated rings. The first kappa shape index (κ1) is 17.8. The zero-order chi connectivity index (χ0) is 16.3. The Morgan fingerprint density at radius 2 is 1.78 bits per heavy atom. The number of halogens is 1. The highest BCUT2D eigenvalue weighted by molar-refractivity contribution is 6.30. The Labute approximate surface area is 142 Å². The van der Waals surface area contributed by atoms with Gasteiger partial charge < -0.3 is 19.9 Å². The van der Waals surface area contributed by atoms with E-state index in [1.807, 2.05) is 48.5 Å². The van der Waals surface area contributed by atoms with Gasteiger partial charge in [0.15, 0.2) is 0 Å². The molecule has 2 N–H and O–H groups in total. The van der Waals surface area contributed by atoms with Gasteiger partial charge in [0.25, 0.3) is 0 Å². The van der Waals surface area contributed by atoms with Gasteiger partial charge >= 0.3 is 0 Å². The van der Waals surface area contributed by atoms with E-state index in [2.05, 4.69) is 5.32 Å². The third kappa shape index (κ3) is 6.59. The minimum absolute atomic E-state index is 0.0569. The van der Waals surface area contributed by atoms with Gasteiger partial charge in [0.05, 0.1) is 19.8 Å². The molecule has 0 atom stereocenters. The Balaban J connectivity index is 1.81. The number of hydrogen-bond donors (Lipinski definition) is 2. The zero-order valence-corrected chi connectivity index (χ0v) is 13.8. The van der Waals surface area contributed by atoms with Crippen molar-refractivity contribution in [3.8, 4) is 5.75 Å². The predicted octanol–water partition coefficient (Wildman–Crippen LogP) is 3.02. The molecule has 0 unspecified atom stereocenters. The fourth-order valence-corrected chi connectivity index (χ4v) is 2.19. The predicted molar refractivity (Wildman–Crippen MR) is 91.8 cm³/mol. The van der Waals surface area contributed by atoms with E-state index in [1.54, 1.807) is 0 Å². The van der Waals surface area contributed by atoms with Crippen molar-refractivity contribution >= 4 is 11.6 Å². The van der Waals surface area contributed by atoms with Crippen molar-refractivity contribution in [2.24, 2.45) is 0 Å². The summed E-state index contributed by atoms with van der Waals surface area (Å²) in [6.45, 7) is 2.96. The van der Waals surface area contributed by atoms with E-state index in [0.29, 0.717) is 26.4 Å². The summed E-state index contributed by atoms with van der Waals surface area (Å²) in [5.74, 6) is 0.867. The van der Waals surface area contributed by atoms with Crippen LogP contribution in [0.3, 0.4) is 0 Å². The Hall–Kier alpha value is -1.59. The van der Waals surface area contributed by atoms with Crippen LogP contribution in [0.5, 0.6) is 5.75 Å². The van der Waals surface area contributed by atoms with Crippen molar-refractivity contribution in [1.29, 1.82) is 0 Å². The minimum Gasteiger partial charge on any atom is -0.489 e. The molecule has 0 heterocycles. The molecule has 0 bridgehead atoms. The van der Waals surface area contributed by atoms with E-state index in [1.165, 1.54) is 0 Å². The summed E-state index contributed by atoms with van der Waals surface area (Å²) < 4.78 is 11.1. The van der Waals surface area contributed by atoms with Gasteiger partial charge in [0.1, 0.15) is 12.4 Å². The lowest BCUT2D eigenvalue weighted by Gasteiger charge is -2.12. The van der Waals surface area contributed by atoms with Crippen LogP contribution in [0.1, 0.15) is 11.1 Å². The Morgan fingerprint density at radius 1 is 1.00 bits per heavy atom. The van der Waals surface area contributed by atoms with Crippen LogP contribution in [0.4, 0.5) is 0 Å². The van der Waals surface area contributed by atoms with Crippen LogP contribution in [0.2, 0.25) is 5.02 Å². The molecule has 23 heavy (non-hydrogen) atoms. The van der Waals surface area contributed by atoms with Crippen molar-refractivity contribution in [3.05, 3.63) is 64.7 Å². The van der Waals surface area contributed by atoms with E-state index >= 15 is 0 Å². The molecule has 0 saturated heterocycles.